The first-order valence-electron chi connectivity index (χ1n) is 9.69. The molecule has 1 saturated heterocycles. The van der Waals surface area contributed by atoms with Crippen LogP contribution in [0.1, 0.15) is 22.3 Å². The number of amides is 1. The van der Waals surface area contributed by atoms with Crippen molar-refractivity contribution in [3.8, 4) is 11.5 Å². The normalized spacial score (nSPS) is 16.2. The molecule has 3 rings (SSSR count). The van der Waals surface area contributed by atoms with Gasteiger partial charge in [0, 0.05) is 25.2 Å². The summed E-state index contributed by atoms with van der Waals surface area (Å²) in [7, 11) is 0. The number of rotatable bonds is 8. The fourth-order valence-corrected chi connectivity index (χ4v) is 3.23. The monoisotopic (exact) mass is 456 g/mol. The fraction of sp³-hybridized carbons (Fsp3) is 0.318. The minimum absolute atomic E-state index is 0.151. The van der Waals surface area contributed by atoms with E-state index in [1.54, 1.807) is 13.0 Å². The van der Waals surface area contributed by atoms with Gasteiger partial charge in [0.05, 0.1) is 5.56 Å². The highest BCUT2D eigenvalue weighted by atomic mass is 19.3. The van der Waals surface area contributed by atoms with Crippen LogP contribution in [0.25, 0.3) is 0 Å². The smallest absolute Gasteiger partial charge is 0.442 e. The van der Waals surface area contributed by atoms with E-state index >= 15 is 0 Å². The molecule has 1 aliphatic rings. The molecule has 0 saturated carbocycles. The van der Waals surface area contributed by atoms with Crippen LogP contribution in [-0.4, -0.2) is 42.5 Å². The van der Waals surface area contributed by atoms with Crippen LogP contribution in [0.3, 0.4) is 0 Å². The molecule has 2 aromatic carbocycles. The van der Waals surface area contributed by atoms with Gasteiger partial charge in [-0.1, -0.05) is 18.2 Å². The zero-order valence-electron chi connectivity index (χ0n) is 17.1. The molecule has 2 aromatic rings. The number of nitrogens with zero attached hydrogens (tertiary/aromatic N) is 1. The van der Waals surface area contributed by atoms with Crippen LogP contribution in [0.15, 0.2) is 54.9 Å². The van der Waals surface area contributed by atoms with E-state index in [1.807, 2.05) is 0 Å². The number of ether oxygens (including phenoxy) is 2. The highest BCUT2D eigenvalue weighted by Gasteiger charge is 2.45. The fourth-order valence-electron chi connectivity index (χ4n) is 3.23. The minimum atomic E-state index is -4.73. The third-order valence-electron chi connectivity index (χ3n) is 4.84. The first kappa shape index (κ1) is 23.4. The largest absolute Gasteiger partial charge is 0.461 e. The van der Waals surface area contributed by atoms with Gasteiger partial charge in [-0.3, -0.25) is 4.79 Å². The standard InChI is InChI=1S/C22H21F5N2O3/c1-13-7-8-15(23)11-19(13)31-14(2)28-16-9-10-29(12-16)20(30)17-5-3-4-6-18(17)32-22(26,27)21(24)25/h3-8,11,16,21,28H,2,9-10,12H2,1H3. The summed E-state index contributed by atoms with van der Waals surface area (Å²) in [6.45, 7) is 5.96. The van der Waals surface area contributed by atoms with Crippen LogP contribution in [0.4, 0.5) is 22.0 Å². The van der Waals surface area contributed by atoms with Gasteiger partial charge in [0.25, 0.3) is 5.91 Å². The maximum Gasteiger partial charge on any atom is 0.461 e. The van der Waals surface area contributed by atoms with Gasteiger partial charge in [-0.25, -0.2) is 4.39 Å². The quantitative estimate of drug-likeness (QED) is 0.461. The lowest BCUT2D eigenvalue weighted by Gasteiger charge is -2.22. The van der Waals surface area contributed by atoms with Crippen LogP contribution in [-0.2, 0) is 0 Å². The Morgan fingerprint density at radius 1 is 1.22 bits per heavy atom. The predicted octanol–water partition coefficient (Wildman–Crippen LogP) is 4.73. The predicted molar refractivity (Wildman–Crippen MR) is 106 cm³/mol. The van der Waals surface area contributed by atoms with Crippen molar-refractivity contribution in [3.05, 3.63) is 71.9 Å². The van der Waals surface area contributed by atoms with Gasteiger partial charge in [0.15, 0.2) is 5.88 Å². The van der Waals surface area contributed by atoms with Crippen molar-refractivity contribution >= 4 is 5.91 Å². The van der Waals surface area contributed by atoms with Crippen LogP contribution < -0.4 is 14.8 Å². The Kier molecular flexibility index (Phi) is 6.90. The molecular formula is C22H21F5N2O3. The number of halogens is 5. The molecule has 1 heterocycles. The molecule has 1 aliphatic heterocycles. The van der Waals surface area contributed by atoms with E-state index in [9.17, 15) is 26.7 Å². The summed E-state index contributed by atoms with van der Waals surface area (Å²) in [5.74, 6) is -1.29. The minimum Gasteiger partial charge on any atom is -0.442 e. The molecule has 1 unspecified atom stereocenters. The van der Waals surface area contributed by atoms with E-state index < -0.39 is 30.0 Å². The zero-order chi connectivity index (χ0) is 23.5. The molecule has 0 bridgehead atoms. The molecule has 1 N–H and O–H groups in total. The molecule has 32 heavy (non-hydrogen) atoms. The Hall–Kier alpha value is -3.30. The van der Waals surface area contributed by atoms with E-state index in [0.717, 1.165) is 6.07 Å². The molecule has 0 spiro atoms. The highest BCUT2D eigenvalue weighted by molar-refractivity contribution is 5.97. The van der Waals surface area contributed by atoms with Crippen molar-refractivity contribution < 1.29 is 36.2 Å². The molecular weight excluding hydrogens is 435 g/mol. The first-order valence-corrected chi connectivity index (χ1v) is 9.69. The second kappa shape index (κ2) is 9.46. The topological polar surface area (TPSA) is 50.8 Å². The molecule has 5 nitrogen and oxygen atoms in total. The lowest BCUT2D eigenvalue weighted by Crippen LogP contribution is -2.37. The number of hydrogen-bond acceptors (Lipinski definition) is 4. The molecule has 172 valence electrons. The van der Waals surface area contributed by atoms with E-state index in [1.165, 1.54) is 35.2 Å². The third-order valence-corrected chi connectivity index (χ3v) is 4.84. The molecule has 10 heteroatoms. The SMILES string of the molecule is C=C(NC1CCN(C(=O)c2ccccc2OC(F)(F)C(F)F)C1)Oc1cc(F)ccc1C. The van der Waals surface area contributed by atoms with Crippen molar-refractivity contribution in [3.63, 3.8) is 0 Å². The Labute approximate surface area is 181 Å². The number of hydrogen-bond donors (Lipinski definition) is 1. The van der Waals surface area contributed by atoms with Gasteiger partial charge < -0.3 is 19.7 Å². The Bertz CT molecular complexity index is 999. The number of carbonyl (C=O) groups is 1. The van der Waals surface area contributed by atoms with Crippen molar-refractivity contribution in [1.82, 2.24) is 10.2 Å². The number of aryl methyl sites for hydroxylation is 1. The summed E-state index contributed by atoms with van der Waals surface area (Å²) in [5, 5.41) is 2.99. The van der Waals surface area contributed by atoms with Crippen molar-refractivity contribution in [1.29, 1.82) is 0 Å². The molecule has 0 aliphatic carbocycles. The van der Waals surface area contributed by atoms with Gasteiger partial charge in [-0.05, 0) is 43.7 Å². The summed E-state index contributed by atoms with van der Waals surface area (Å²) < 4.78 is 74.7. The number of likely N-dealkylation sites (tertiary alicyclic amines) is 1. The van der Waals surface area contributed by atoms with E-state index in [0.29, 0.717) is 17.7 Å². The molecule has 1 amide bonds. The average molecular weight is 456 g/mol. The second-order valence-corrected chi connectivity index (χ2v) is 7.28. The molecule has 0 aromatic heterocycles. The number of benzene rings is 2. The van der Waals surface area contributed by atoms with Gasteiger partial charge in [0.2, 0.25) is 0 Å². The summed E-state index contributed by atoms with van der Waals surface area (Å²) in [6.07, 6.45) is -8.28. The van der Waals surface area contributed by atoms with E-state index in [-0.39, 0.29) is 30.6 Å². The number of para-hydroxylation sites is 1. The Morgan fingerprint density at radius 3 is 2.66 bits per heavy atom. The lowest BCUT2D eigenvalue weighted by molar-refractivity contribution is -0.253. The number of alkyl halides is 4. The second-order valence-electron chi connectivity index (χ2n) is 7.28. The van der Waals surface area contributed by atoms with Crippen LogP contribution in [0.2, 0.25) is 0 Å². The average Bonchev–Trinajstić information content (AvgIpc) is 3.18. The number of carbonyl (C=O) groups excluding carboxylic acids is 1. The van der Waals surface area contributed by atoms with Gasteiger partial charge in [0.1, 0.15) is 17.3 Å². The van der Waals surface area contributed by atoms with Gasteiger partial charge >= 0.3 is 12.5 Å². The summed E-state index contributed by atoms with van der Waals surface area (Å²) in [6, 6.07) is 8.81. The van der Waals surface area contributed by atoms with Gasteiger partial charge in [-0.15, -0.1) is 0 Å². The van der Waals surface area contributed by atoms with Crippen LogP contribution in [0.5, 0.6) is 11.5 Å². The van der Waals surface area contributed by atoms with Crippen LogP contribution in [0, 0.1) is 12.7 Å². The lowest BCUT2D eigenvalue weighted by atomic mass is 10.1. The summed E-state index contributed by atoms with van der Waals surface area (Å²) in [5.41, 5.74) is 0.453. The number of nitrogens with one attached hydrogen (secondary N) is 1. The summed E-state index contributed by atoms with van der Waals surface area (Å²) >= 11 is 0. The molecule has 1 fully saturated rings. The van der Waals surface area contributed by atoms with E-state index in [2.05, 4.69) is 16.6 Å². The Morgan fingerprint density at radius 2 is 1.94 bits per heavy atom. The van der Waals surface area contributed by atoms with Crippen molar-refractivity contribution in [2.75, 3.05) is 13.1 Å². The Balaban J connectivity index is 1.63. The van der Waals surface area contributed by atoms with Gasteiger partial charge in [-0.2, -0.15) is 17.6 Å². The highest BCUT2D eigenvalue weighted by Crippen LogP contribution is 2.31. The van der Waals surface area contributed by atoms with Crippen LogP contribution >= 0.6 is 0 Å². The third kappa shape index (κ3) is 5.49. The first-order chi connectivity index (χ1) is 15.1. The van der Waals surface area contributed by atoms with Crippen molar-refractivity contribution in [2.24, 2.45) is 0 Å². The maximum absolute atomic E-state index is 13.4. The molecule has 1 atom stereocenters. The van der Waals surface area contributed by atoms with Crippen molar-refractivity contribution in [2.45, 2.75) is 31.9 Å². The summed E-state index contributed by atoms with van der Waals surface area (Å²) in [4.78, 5) is 14.2. The maximum atomic E-state index is 13.4. The zero-order valence-corrected chi connectivity index (χ0v) is 17.1. The van der Waals surface area contributed by atoms with E-state index in [4.69, 9.17) is 4.74 Å². The molecule has 0 radical (unpaired) electrons.